The molecule has 0 unspecified atom stereocenters. The molecule has 1 aliphatic carbocycles. The van der Waals surface area contributed by atoms with Crippen molar-refractivity contribution in [1.29, 1.82) is 0 Å². The Kier molecular flexibility index (Phi) is 8.52. The first-order valence-electron chi connectivity index (χ1n) is 24.6. The maximum Gasteiger partial charge on any atom is 0.264 e. The molecule has 0 radical (unpaired) electrons. The van der Waals surface area contributed by atoms with Gasteiger partial charge < -0.3 is 9.80 Å². The molecule has 1 aromatic heterocycles. The van der Waals surface area contributed by atoms with E-state index >= 15 is 0 Å². The summed E-state index contributed by atoms with van der Waals surface area (Å²) in [5.41, 5.74) is 17.6. The van der Waals surface area contributed by atoms with Gasteiger partial charge in [0.25, 0.3) is 6.71 Å². The van der Waals surface area contributed by atoms with Gasteiger partial charge in [0, 0.05) is 47.3 Å². The van der Waals surface area contributed by atoms with Crippen LogP contribution in [0.1, 0.15) is 140 Å². The fourth-order valence-electron chi connectivity index (χ4n) is 10.7. The van der Waals surface area contributed by atoms with Crippen molar-refractivity contribution < 1.29 is 4.11 Å². The second-order valence-electron chi connectivity index (χ2n) is 23.2. The smallest absolute Gasteiger partial charge is 0.264 e. The largest absolute Gasteiger partial charge is 0.311 e. The number of hydrogen-bond donors (Lipinski definition) is 0. The van der Waals surface area contributed by atoms with Crippen molar-refractivity contribution in [2.45, 2.75) is 137 Å². The third-order valence-electron chi connectivity index (χ3n) is 14.7. The Morgan fingerprint density at radius 2 is 1.14 bits per heavy atom. The van der Waals surface area contributed by atoms with Gasteiger partial charge in [0.05, 0.1) is 11.4 Å². The summed E-state index contributed by atoms with van der Waals surface area (Å²) in [5, 5.41) is 1.21. The van der Waals surface area contributed by atoms with Crippen molar-refractivity contribution >= 4 is 78.0 Å². The molecule has 0 atom stereocenters. The molecule has 3 aliphatic rings. The number of thiophene rings is 1. The van der Waals surface area contributed by atoms with Gasteiger partial charge in [0.2, 0.25) is 0 Å². The summed E-state index contributed by atoms with van der Waals surface area (Å²) in [6.45, 7) is 27.6. The number of nitrogens with zero attached hydrogens (tertiary/aromatic N) is 2. The van der Waals surface area contributed by atoms with Crippen LogP contribution in [-0.2, 0) is 27.1 Å². The molecule has 6 aromatic carbocycles. The predicted molar refractivity (Wildman–Crippen MR) is 277 cm³/mol. The Morgan fingerprint density at radius 1 is 0.571 bits per heavy atom. The molecule has 10 rings (SSSR count). The van der Waals surface area contributed by atoms with Crippen LogP contribution < -0.4 is 25.5 Å². The number of hydrogen-bond acceptors (Lipinski definition) is 3. The van der Waals surface area contributed by atoms with Gasteiger partial charge in [0.15, 0.2) is 0 Å². The first-order valence-corrected chi connectivity index (χ1v) is 23.9. The van der Waals surface area contributed by atoms with Crippen molar-refractivity contribution in [2.24, 2.45) is 0 Å². The quantitative estimate of drug-likeness (QED) is 0.163. The lowest BCUT2D eigenvalue weighted by molar-refractivity contribution is 0.332. The molecule has 2 nitrogen and oxygen atoms in total. The van der Waals surface area contributed by atoms with Crippen LogP contribution >= 0.6 is 11.3 Å². The van der Waals surface area contributed by atoms with E-state index in [1.165, 1.54) is 48.1 Å². The molecular weight excluding hydrogens is 780 g/mol. The van der Waals surface area contributed by atoms with Crippen molar-refractivity contribution in [3.8, 4) is 11.1 Å². The van der Waals surface area contributed by atoms with E-state index in [-0.39, 0.29) is 33.8 Å². The number of fused-ring (bicyclic) bond motifs is 7. The minimum atomic E-state index is -2.37. The minimum absolute atomic E-state index is 0.0252. The molecule has 3 heterocycles. The highest BCUT2D eigenvalue weighted by Gasteiger charge is 2.48. The minimum Gasteiger partial charge on any atom is -0.311 e. The third kappa shape index (κ3) is 6.72. The van der Waals surface area contributed by atoms with Crippen LogP contribution in [0.5, 0.6) is 0 Å². The van der Waals surface area contributed by atoms with Gasteiger partial charge in [-0.15, -0.1) is 11.3 Å². The van der Waals surface area contributed by atoms with Gasteiger partial charge in [0.1, 0.15) is 0 Å². The Labute approximate surface area is 386 Å². The number of benzene rings is 6. The van der Waals surface area contributed by atoms with E-state index in [1.54, 1.807) is 0 Å². The van der Waals surface area contributed by atoms with Gasteiger partial charge in [-0.05, 0) is 151 Å². The highest BCUT2D eigenvalue weighted by atomic mass is 32.1. The standard InChI is InChI=1S/C59H65BN2S/c1-36-30-49-52-50(31-36)62(47-26-22-39(56(5,6)7)32-42(47)37-18-16-15-17-19-37)48-35-45-44(58(11,12)28-29-59(45,13)14)34-46(48)60(52)54-53(43-33-40(57(8,9)10)23-27-51(43)63-54)61(49)41-24-20-38(21-25-41)55(2,3)4/h15-27,30-35H,28-29H2,1-14H3/i1D3. The molecule has 0 saturated heterocycles. The van der Waals surface area contributed by atoms with Gasteiger partial charge >= 0.3 is 0 Å². The molecule has 2 aliphatic heterocycles. The van der Waals surface area contributed by atoms with Crippen molar-refractivity contribution in [2.75, 3.05) is 9.80 Å². The van der Waals surface area contributed by atoms with Crippen LogP contribution in [0.4, 0.5) is 34.1 Å². The predicted octanol–water partition coefficient (Wildman–Crippen LogP) is 15.2. The van der Waals surface area contributed by atoms with Crippen LogP contribution in [0.2, 0.25) is 0 Å². The monoisotopic (exact) mass is 848 g/mol. The van der Waals surface area contributed by atoms with Gasteiger partial charge in [-0.25, -0.2) is 0 Å². The van der Waals surface area contributed by atoms with Crippen LogP contribution in [0.15, 0.2) is 115 Å². The highest BCUT2D eigenvalue weighted by Crippen LogP contribution is 2.53. The summed E-state index contributed by atoms with van der Waals surface area (Å²) in [6.07, 6.45) is 2.20. The molecule has 0 fully saturated rings. The molecule has 0 spiro atoms. The summed E-state index contributed by atoms with van der Waals surface area (Å²) in [5.74, 6) is 0. The average molecular weight is 848 g/mol. The van der Waals surface area contributed by atoms with Crippen LogP contribution in [-0.4, -0.2) is 6.71 Å². The SMILES string of the molecule is [2H]C([2H])([2H])c1cc2c3c(c1)N(c1ccc(C(C)(C)C)cc1)c1c(sc4ccc(C(C)(C)C)cc14)B3c1cc3c(cc1N2c1ccc(C(C)(C)C)cc1-c1ccccc1)C(C)(C)CCC3(C)C. The van der Waals surface area contributed by atoms with Gasteiger partial charge in [-0.3, -0.25) is 0 Å². The van der Waals surface area contributed by atoms with E-state index in [0.717, 1.165) is 63.6 Å². The number of aryl methyl sites for hydroxylation is 1. The fourth-order valence-corrected chi connectivity index (χ4v) is 12.0. The summed E-state index contributed by atoms with van der Waals surface area (Å²) in [7, 11) is 0. The second kappa shape index (κ2) is 14.0. The molecule has 63 heavy (non-hydrogen) atoms. The lowest BCUT2D eigenvalue weighted by Gasteiger charge is -2.47. The summed E-state index contributed by atoms with van der Waals surface area (Å²) >= 11 is 1.90. The van der Waals surface area contributed by atoms with E-state index in [4.69, 9.17) is 4.11 Å². The first-order chi connectivity index (χ1) is 30.7. The van der Waals surface area contributed by atoms with E-state index in [0.29, 0.717) is 5.56 Å². The molecule has 0 N–H and O–H groups in total. The Morgan fingerprint density at radius 3 is 1.76 bits per heavy atom. The third-order valence-corrected chi connectivity index (χ3v) is 15.9. The number of anilines is 6. The van der Waals surface area contributed by atoms with E-state index < -0.39 is 6.85 Å². The average Bonchev–Trinajstić information content (AvgIpc) is 3.62. The summed E-state index contributed by atoms with van der Waals surface area (Å²) in [4.78, 5) is 4.89. The van der Waals surface area contributed by atoms with Crippen LogP contribution in [0.3, 0.4) is 0 Å². The van der Waals surface area contributed by atoms with Gasteiger partial charge in [-0.2, -0.15) is 0 Å². The fraction of sp³-hybridized carbons (Fsp3) is 0.356. The zero-order chi connectivity index (χ0) is 47.3. The normalized spacial score (nSPS) is 17.3. The Hall–Kier alpha value is -5.06. The lowest BCUT2D eigenvalue weighted by atomic mass is 9.35. The molecule has 7 aromatic rings. The summed E-state index contributed by atoms with van der Waals surface area (Å²) in [6, 6.07) is 42.9. The van der Waals surface area contributed by atoms with E-state index in [1.807, 2.05) is 23.5 Å². The Balaban J connectivity index is 1.39. The highest BCUT2D eigenvalue weighted by molar-refractivity contribution is 7.33. The van der Waals surface area contributed by atoms with Crippen molar-refractivity contribution in [3.63, 3.8) is 0 Å². The van der Waals surface area contributed by atoms with Crippen molar-refractivity contribution in [3.05, 3.63) is 149 Å². The van der Waals surface area contributed by atoms with E-state index in [9.17, 15) is 0 Å². The molecule has 0 amide bonds. The molecule has 0 bridgehead atoms. The topological polar surface area (TPSA) is 6.48 Å². The van der Waals surface area contributed by atoms with Crippen LogP contribution in [0, 0.1) is 6.85 Å². The Bertz CT molecular complexity index is 3080. The number of rotatable bonds is 3. The summed E-state index contributed by atoms with van der Waals surface area (Å²) < 4.78 is 30.0. The zero-order valence-electron chi connectivity index (χ0n) is 42.8. The maximum absolute atomic E-state index is 9.15. The van der Waals surface area contributed by atoms with Crippen LogP contribution in [0.25, 0.3) is 21.2 Å². The molecule has 4 heteroatoms. The molecular formula is C59H65BN2S. The second-order valence-corrected chi connectivity index (χ2v) is 24.3. The maximum atomic E-state index is 9.15. The van der Waals surface area contributed by atoms with Gasteiger partial charge in [-0.1, -0.05) is 151 Å². The lowest BCUT2D eigenvalue weighted by Crippen LogP contribution is -2.61. The van der Waals surface area contributed by atoms with E-state index in [2.05, 4.69) is 203 Å². The van der Waals surface area contributed by atoms with Crippen molar-refractivity contribution in [1.82, 2.24) is 0 Å². The molecule has 320 valence electrons. The molecule has 0 saturated carbocycles. The first kappa shape index (κ1) is 38.4. The zero-order valence-corrected chi connectivity index (χ0v) is 40.6.